The van der Waals surface area contributed by atoms with Crippen LogP contribution in [0.15, 0.2) is 24.5 Å². The molecule has 1 aromatic heterocycles. The number of aromatic nitrogens is 2. The first-order chi connectivity index (χ1) is 7.72. The van der Waals surface area contributed by atoms with E-state index in [4.69, 9.17) is 5.73 Å². The number of nitrogens with one attached hydrogen (secondary N) is 1. The maximum absolute atomic E-state index is 13.1. The standard InChI is InChI=1S/C12H14FN3/c1-8-6-9(2-3-10(8)13)12-11(4-5-14)15-7-16-12/h2-3,6-7H,4-5,14H2,1H3,(H,15,16). The summed E-state index contributed by atoms with van der Waals surface area (Å²) in [5.41, 5.74) is 8.91. The molecule has 0 atom stereocenters. The molecule has 0 amide bonds. The Kier molecular flexibility index (Phi) is 3.01. The molecule has 1 heterocycles. The van der Waals surface area contributed by atoms with Crippen LogP contribution in [0.1, 0.15) is 11.3 Å². The molecule has 0 bridgehead atoms. The average Bonchev–Trinajstić information content (AvgIpc) is 2.71. The van der Waals surface area contributed by atoms with Crippen LogP contribution in [0.25, 0.3) is 11.3 Å². The first-order valence-electron chi connectivity index (χ1n) is 5.21. The van der Waals surface area contributed by atoms with Crippen molar-refractivity contribution in [1.29, 1.82) is 0 Å². The van der Waals surface area contributed by atoms with Gasteiger partial charge in [-0.1, -0.05) is 0 Å². The molecule has 3 N–H and O–H groups in total. The SMILES string of the molecule is Cc1cc(-c2nc[nH]c2CCN)ccc1F. The van der Waals surface area contributed by atoms with E-state index in [9.17, 15) is 4.39 Å². The smallest absolute Gasteiger partial charge is 0.126 e. The second-order valence-corrected chi connectivity index (χ2v) is 3.73. The summed E-state index contributed by atoms with van der Waals surface area (Å²) in [6.45, 7) is 2.31. The molecule has 0 spiro atoms. The molecule has 0 saturated heterocycles. The number of halogens is 1. The van der Waals surface area contributed by atoms with Gasteiger partial charge < -0.3 is 10.7 Å². The summed E-state index contributed by atoms with van der Waals surface area (Å²) in [6.07, 6.45) is 2.38. The van der Waals surface area contributed by atoms with Crippen LogP contribution in [0.5, 0.6) is 0 Å². The van der Waals surface area contributed by atoms with Gasteiger partial charge in [0.1, 0.15) is 5.82 Å². The van der Waals surface area contributed by atoms with Crippen molar-refractivity contribution in [1.82, 2.24) is 9.97 Å². The van der Waals surface area contributed by atoms with Crippen LogP contribution in [0, 0.1) is 12.7 Å². The molecule has 4 heteroatoms. The van der Waals surface area contributed by atoms with Crippen molar-refractivity contribution in [3.63, 3.8) is 0 Å². The number of imidazole rings is 1. The molecule has 0 aliphatic rings. The van der Waals surface area contributed by atoms with Crippen molar-refractivity contribution in [2.24, 2.45) is 5.73 Å². The lowest BCUT2D eigenvalue weighted by Crippen LogP contribution is -2.04. The van der Waals surface area contributed by atoms with E-state index >= 15 is 0 Å². The minimum atomic E-state index is -0.195. The van der Waals surface area contributed by atoms with Crippen molar-refractivity contribution in [3.05, 3.63) is 41.6 Å². The Balaban J connectivity index is 2.42. The number of hydrogen-bond acceptors (Lipinski definition) is 2. The first-order valence-corrected chi connectivity index (χ1v) is 5.21. The van der Waals surface area contributed by atoms with Gasteiger partial charge in [0.2, 0.25) is 0 Å². The lowest BCUT2D eigenvalue weighted by Gasteiger charge is -2.03. The lowest BCUT2D eigenvalue weighted by molar-refractivity contribution is 0.618. The molecular formula is C12H14FN3. The maximum atomic E-state index is 13.1. The van der Waals surface area contributed by atoms with Gasteiger partial charge in [-0.3, -0.25) is 0 Å². The van der Waals surface area contributed by atoms with Gasteiger partial charge in [-0.2, -0.15) is 0 Å². The summed E-state index contributed by atoms with van der Waals surface area (Å²) >= 11 is 0. The van der Waals surface area contributed by atoms with E-state index < -0.39 is 0 Å². The van der Waals surface area contributed by atoms with Crippen molar-refractivity contribution in [3.8, 4) is 11.3 Å². The Morgan fingerprint density at radius 3 is 2.94 bits per heavy atom. The fourth-order valence-electron chi connectivity index (χ4n) is 1.70. The zero-order chi connectivity index (χ0) is 11.5. The highest BCUT2D eigenvalue weighted by Crippen LogP contribution is 2.22. The predicted molar refractivity (Wildman–Crippen MR) is 61.5 cm³/mol. The van der Waals surface area contributed by atoms with Crippen molar-refractivity contribution in [2.75, 3.05) is 6.54 Å². The minimum absolute atomic E-state index is 0.195. The lowest BCUT2D eigenvalue weighted by atomic mass is 10.1. The van der Waals surface area contributed by atoms with E-state index in [1.54, 1.807) is 25.4 Å². The van der Waals surface area contributed by atoms with E-state index in [1.807, 2.05) is 0 Å². The highest BCUT2D eigenvalue weighted by molar-refractivity contribution is 5.62. The second-order valence-electron chi connectivity index (χ2n) is 3.73. The van der Waals surface area contributed by atoms with Crippen molar-refractivity contribution in [2.45, 2.75) is 13.3 Å². The molecule has 0 aliphatic carbocycles. The van der Waals surface area contributed by atoms with E-state index in [1.165, 1.54) is 6.07 Å². The van der Waals surface area contributed by atoms with Crippen LogP contribution in [0.4, 0.5) is 4.39 Å². The number of H-pyrrole nitrogens is 1. The van der Waals surface area contributed by atoms with Crippen LogP contribution < -0.4 is 5.73 Å². The topological polar surface area (TPSA) is 54.7 Å². The van der Waals surface area contributed by atoms with Crippen molar-refractivity contribution < 1.29 is 4.39 Å². The average molecular weight is 219 g/mol. The summed E-state index contributed by atoms with van der Waals surface area (Å²) < 4.78 is 13.1. The van der Waals surface area contributed by atoms with Gasteiger partial charge in [0, 0.05) is 17.7 Å². The third-order valence-electron chi connectivity index (χ3n) is 2.54. The third kappa shape index (κ3) is 1.97. The number of rotatable bonds is 3. The Morgan fingerprint density at radius 1 is 1.44 bits per heavy atom. The minimum Gasteiger partial charge on any atom is -0.348 e. The predicted octanol–water partition coefficient (Wildman–Crippen LogP) is 2.03. The molecule has 2 aromatic rings. The Morgan fingerprint density at radius 2 is 2.25 bits per heavy atom. The Hall–Kier alpha value is -1.68. The highest BCUT2D eigenvalue weighted by atomic mass is 19.1. The Labute approximate surface area is 93.5 Å². The molecule has 2 rings (SSSR count). The summed E-state index contributed by atoms with van der Waals surface area (Å²) in [7, 11) is 0. The molecule has 0 fully saturated rings. The number of aryl methyl sites for hydroxylation is 1. The van der Waals surface area contributed by atoms with Gasteiger partial charge >= 0.3 is 0 Å². The van der Waals surface area contributed by atoms with E-state index in [-0.39, 0.29) is 5.82 Å². The van der Waals surface area contributed by atoms with Crippen LogP contribution in [0.3, 0.4) is 0 Å². The quantitative estimate of drug-likeness (QED) is 0.829. The largest absolute Gasteiger partial charge is 0.348 e. The van der Waals surface area contributed by atoms with Gasteiger partial charge in [0.05, 0.1) is 12.0 Å². The molecule has 0 aliphatic heterocycles. The summed E-state index contributed by atoms with van der Waals surface area (Å²) in [4.78, 5) is 7.30. The number of aromatic amines is 1. The molecule has 0 saturated carbocycles. The summed E-state index contributed by atoms with van der Waals surface area (Å²) in [5.74, 6) is -0.195. The number of benzene rings is 1. The van der Waals surface area contributed by atoms with Crippen LogP contribution in [-0.2, 0) is 6.42 Å². The summed E-state index contributed by atoms with van der Waals surface area (Å²) in [5, 5.41) is 0. The van der Waals surface area contributed by atoms with Gasteiger partial charge in [-0.25, -0.2) is 9.37 Å². The second kappa shape index (κ2) is 4.45. The van der Waals surface area contributed by atoms with Gasteiger partial charge in [0.25, 0.3) is 0 Å². The molecular weight excluding hydrogens is 205 g/mol. The summed E-state index contributed by atoms with van der Waals surface area (Å²) in [6, 6.07) is 5.00. The van der Waals surface area contributed by atoms with Gasteiger partial charge in [0.15, 0.2) is 0 Å². The van der Waals surface area contributed by atoms with Gasteiger partial charge in [-0.15, -0.1) is 0 Å². The zero-order valence-corrected chi connectivity index (χ0v) is 9.13. The van der Waals surface area contributed by atoms with Crippen LogP contribution in [0.2, 0.25) is 0 Å². The maximum Gasteiger partial charge on any atom is 0.126 e. The monoisotopic (exact) mass is 219 g/mol. The van der Waals surface area contributed by atoms with Crippen LogP contribution >= 0.6 is 0 Å². The fourth-order valence-corrected chi connectivity index (χ4v) is 1.70. The molecule has 16 heavy (non-hydrogen) atoms. The van der Waals surface area contributed by atoms with Crippen molar-refractivity contribution >= 4 is 0 Å². The molecule has 0 radical (unpaired) electrons. The molecule has 84 valence electrons. The molecule has 0 unspecified atom stereocenters. The van der Waals surface area contributed by atoms with Gasteiger partial charge in [-0.05, 0) is 37.2 Å². The van der Waals surface area contributed by atoms with E-state index in [0.717, 1.165) is 23.4 Å². The third-order valence-corrected chi connectivity index (χ3v) is 2.54. The normalized spacial score (nSPS) is 10.7. The zero-order valence-electron chi connectivity index (χ0n) is 9.13. The first kappa shape index (κ1) is 10.8. The van der Waals surface area contributed by atoms with Crippen LogP contribution in [-0.4, -0.2) is 16.5 Å². The number of hydrogen-bond donors (Lipinski definition) is 2. The van der Waals surface area contributed by atoms with E-state index in [0.29, 0.717) is 12.1 Å². The molecule has 3 nitrogen and oxygen atoms in total. The molecule has 1 aromatic carbocycles. The number of nitrogens with two attached hydrogens (primary N) is 1. The Bertz CT molecular complexity index is 491. The fraction of sp³-hybridized carbons (Fsp3) is 0.250. The highest BCUT2D eigenvalue weighted by Gasteiger charge is 2.08. The van der Waals surface area contributed by atoms with E-state index in [2.05, 4.69) is 9.97 Å². The number of nitrogens with zero attached hydrogens (tertiary/aromatic N) is 1.